The Morgan fingerprint density at radius 2 is 2.12 bits per heavy atom. The Balaban J connectivity index is 1.68. The molecule has 3 aliphatic rings. The molecule has 2 aliphatic heterocycles. The van der Waals surface area contributed by atoms with Crippen LogP contribution in [0.2, 0.25) is 0 Å². The van der Waals surface area contributed by atoms with E-state index in [2.05, 4.69) is 10.2 Å². The average molecular weight is 473 g/mol. The normalized spacial score (nSPS) is 30.8. The average Bonchev–Trinajstić information content (AvgIpc) is 3.16. The van der Waals surface area contributed by atoms with Gasteiger partial charge in [0.2, 0.25) is 6.41 Å². The van der Waals surface area contributed by atoms with E-state index in [4.69, 9.17) is 4.74 Å². The van der Waals surface area contributed by atoms with Crippen molar-refractivity contribution in [2.75, 3.05) is 13.6 Å². The zero-order chi connectivity index (χ0) is 24.8. The van der Waals surface area contributed by atoms with E-state index in [0.717, 1.165) is 23.2 Å². The lowest BCUT2D eigenvalue weighted by Gasteiger charge is -2.59. The van der Waals surface area contributed by atoms with Crippen LogP contribution in [0.1, 0.15) is 50.2 Å². The van der Waals surface area contributed by atoms with E-state index in [1.54, 1.807) is 6.07 Å². The third kappa shape index (κ3) is 3.49. The van der Waals surface area contributed by atoms with Gasteiger partial charge in [-0.1, -0.05) is 12.1 Å². The van der Waals surface area contributed by atoms with E-state index in [9.17, 15) is 29.7 Å². The Kier molecular flexibility index (Phi) is 6.20. The summed E-state index contributed by atoms with van der Waals surface area (Å²) >= 11 is 0. The minimum atomic E-state index is -1.19. The number of aliphatic hydroxyl groups is 1. The number of phenolic OH excluding ortho intramolecular Hbond substituents is 1. The number of hydrogen-bond donors (Lipinski definition) is 4. The van der Waals surface area contributed by atoms with E-state index in [1.807, 2.05) is 33.0 Å². The predicted molar refractivity (Wildman–Crippen MR) is 123 cm³/mol. The van der Waals surface area contributed by atoms with E-state index in [0.29, 0.717) is 25.0 Å². The molecule has 4 unspecified atom stereocenters. The first-order valence-electron chi connectivity index (χ1n) is 11.6. The fourth-order valence-electron chi connectivity index (χ4n) is 6.18. The van der Waals surface area contributed by atoms with E-state index in [1.165, 1.54) is 0 Å². The highest BCUT2D eigenvalue weighted by atomic mass is 16.5. The lowest BCUT2D eigenvalue weighted by atomic mass is 9.53. The van der Waals surface area contributed by atoms with Crippen LogP contribution in [0.4, 0.5) is 0 Å². The van der Waals surface area contributed by atoms with Crippen molar-refractivity contribution in [1.82, 2.24) is 10.2 Å². The first-order valence-corrected chi connectivity index (χ1v) is 11.6. The van der Waals surface area contributed by atoms with Crippen molar-refractivity contribution in [3.63, 3.8) is 0 Å². The summed E-state index contributed by atoms with van der Waals surface area (Å²) < 4.78 is 6.35. The number of phenols is 1. The second-order valence-electron chi connectivity index (χ2n) is 9.82. The number of Topliss-reactive ketones (excluding diaryl/α,β-unsaturated/α-hetero) is 1. The van der Waals surface area contributed by atoms with Crippen LogP contribution in [0, 0.1) is 6.92 Å². The maximum absolute atomic E-state index is 12.9. The molecule has 2 heterocycles. The van der Waals surface area contributed by atoms with Crippen LogP contribution in [0.5, 0.6) is 11.5 Å². The third-order valence-corrected chi connectivity index (χ3v) is 8.15. The van der Waals surface area contributed by atoms with Crippen LogP contribution in [0.15, 0.2) is 23.8 Å². The smallest absolute Gasteiger partial charge is 0.326 e. The largest absolute Gasteiger partial charge is 0.504 e. The number of nitrogens with one attached hydrogen (secondary N) is 1. The summed E-state index contributed by atoms with van der Waals surface area (Å²) in [6.07, 6.45) is 2.52. The van der Waals surface area contributed by atoms with E-state index >= 15 is 0 Å². The molecule has 5 atom stereocenters. The number of aryl methyl sites for hydroxylation is 1. The van der Waals surface area contributed by atoms with Gasteiger partial charge in [-0.05, 0) is 63.9 Å². The molecular weight excluding hydrogens is 440 g/mol. The number of nitrogens with zero attached hydrogens (tertiary/aromatic N) is 1. The molecule has 34 heavy (non-hydrogen) atoms. The number of carboxylic acid groups (broad SMARTS) is 1. The summed E-state index contributed by atoms with van der Waals surface area (Å²) in [6.45, 7) is 4.65. The molecule has 1 aromatic rings. The van der Waals surface area contributed by atoms with Gasteiger partial charge in [-0.15, -0.1) is 0 Å². The number of likely N-dealkylation sites (tertiary alicyclic amines) is 1. The monoisotopic (exact) mass is 472 g/mol. The first-order chi connectivity index (χ1) is 16.1. The van der Waals surface area contributed by atoms with Crippen molar-refractivity contribution in [3.05, 3.63) is 34.9 Å². The maximum Gasteiger partial charge on any atom is 0.326 e. The van der Waals surface area contributed by atoms with E-state index in [-0.39, 0.29) is 36.8 Å². The number of amides is 1. The molecule has 1 aliphatic carbocycles. The molecule has 1 fully saturated rings. The number of hydrogen-bond acceptors (Lipinski definition) is 7. The summed E-state index contributed by atoms with van der Waals surface area (Å²) in [5, 5.41) is 34.2. The number of likely N-dealkylation sites (N-methyl/N-ethyl adjacent to an activating group) is 1. The van der Waals surface area contributed by atoms with Crippen LogP contribution in [-0.2, 0) is 19.8 Å². The van der Waals surface area contributed by atoms with Gasteiger partial charge in [0, 0.05) is 24.4 Å². The molecule has 184 valence electrons. The molecule has 0 saturated carbocycles. The lowest BCUT2D eigenvalue weighted by molar-refractivity contribution is -0.148. The highest BCUT2D eigenvalue weighted by Crippen LogP contribution is 2.62. The fraction of sp³-hybridized carbons (Fsp3) is 0.560. The number of carbonyl (C=O) groups excluding carboxylic acids is 2. The summed E-state index contributed by atoms with van der Waals surface area (Å²) in [6, 6.07) is 2.10. The molecule has 9 nitrogen and oxygen atoms in total. The molecule has 1 spiro atoms. The molecular formula is C25H32N2O7. The number of carboxylic acids is 1. The van der Waals surface area contributed by atoms with Crippen molar-refractivity contribution < 1.29 is 34.4 Å². The maximum atomic E-state index is 12.9. The molecule has 4 N–H and O–H groups in total. The Morgan fingerprint density at radius 1 is 1.38 bits per heavy atom. The second-order valence-corrected chi connectivity index (χ2v) is 9.82. The summed E-state index contributed by atoms with van der Waals surface area (Å²) in [4.78, 5) is 36.9. The Hall–Kier alpha value is -2.91. The minimum Gasteiger partial charge on any atom is -0.504 e. The van der Waals surface area contributed by atoms with Crippen LogP contribution in [-0.4, -0.2) is 75.8 Å². The predicted octanol–water partition coefficient (Wildman–Crippen LogP) is 1.42. The van der Waals surface area contributed by atoms with Crippen LogP contribution in [0.25, 0.3) is 0 Å². The van der Waals surface area contributed by atoms with Gasteiger partial charge < -0.3 is 30.3 Å². The summed E-state index contributed by atoms with van der Waals surface area (Å²) in [7, 11) is 1.98. The molecule has 0 bridgehead atoms. The van der Waals surface area contributed by atoms with Crippen LogP contribution in [0.3, 0.4) is 0 Å². The van der Waals surface area contributed by atoms with Gasteiger partial charge in [-0.3, -0.25) is 9.59 Å². The van der Waals surface area contributed by atoms with Crippen molar-refractivity contribution >= 4 is 18.2 Å². The number of ether oxygens (including phenoxy) is 1. The van der Waals surface area contributed by atoms with Gasteiger partial charge in [0.1, 0.15) is 17.9 Å². The SMILES string of the molecule is Cc1ccc(O)c2c1C13CCN(C)C(C)C1(O)CC=C(CC(=O)CC[C@H](NC=O)C(=O)O)C3O2. The van der Waals surface area contributed by atoms with E-state index < -0.39 is 29.1 Å². The molecule has 1 aromatic carbocycles. The molecule has 0 radical (unpaired) electrons. The number of ketones is 1. The number of piperidine rings is 1. The highest BCUT2D eigenvalue weighted by Gasteiger charge is 2.68. The summed E-state index contributed by atoms with van der Waals surface area (Å²) in [5.74, 6) is -0.997. The van der Waals surface area contributed by atoms with Gasteiger partial charge in [0.05, 0.1) is 11.0 Å². The van der Waals surface area contributed by atoms with Gasteiger partial charge in [0.25, 0.3) is 0 Å². The molecule has 1 saturated heterocycles. The molecule has 0 aromatic heterocycles. The second kappa shape index (κ2) is 8.70. The van der Waals surface area contributed by atoms with Gasteiger partial charge in [-0.2, -0.15) is 0 Å². The lowest BCUT2D eigenvalue weighted by Crippen LogP contribution is -2.71. The number of rotatable bonds is 8. The molecule has 9 heteroatoms. The zero-order valence-corrected chi connectivity index (χ0v) is 19.7. The Labute approximate surface area is 198 Å². The van der Waals surface area contributed by atoms with Gasteiger partial charge in [-0.25, -0.2) is 4.79 Å². The van der Waals surface area contributed by atoms with Crippen LogP contribution < -0.4 is 10.1 Å². The molecule has 1 amide bonds. The number of aromatic hydroxyl groups is 1. The highest BCUT2D eigenvalue weighted by molar-refractivity contribution is 5.83. The van der Waals surface area contributed by atoms with Crippen LogP contribution >= 0.6 is 0 Å². The third-order valence-electron chi connectivity index (χ3n) is 8.15. The Bertz CT molecular complexity index is 1050. The number of carbonyl (C=O) groups is 3. The van der Waals surface area contributed by atoms with Crippen molar-refractivity contribution in [2.24, 2.45) is 0 Å². The van der Waals surface area contributed by atoms with Crippen molar-refractivity contribution in [1.29, 1.82) is 0 Å². The Morgan fingerprint density at radius 3 is 2.79 bits per heavy atom. The standard InChI is InChI=1S/C25H32N2O7/c1-14-4-7-19(30)21-20(14)24-10-11-27(3)15(2)25(24,33)9-8-16(22(24)34-21)12-17(29)5-6-18(23(31)32)26-13-28/h4,7-8,13,15,18,22,30,33H,5-6,9-12H2,1-3H3,(H,26,28)(H,31,32)/t15?,18-,22?,24?,25?/m0/s1. The molecule has 4 rings (SSSR count). The van der Waals surface area contributed by atoms with Gasteiger partial charge in [0.15, 0.2) is 11.5 Å². The first kappa shape index (κ1) is 24.2. The number of fused-ring (bicyclic) bond motifs is 1. The number of benzene rings is 1. The summed E-state index contributed by atoms with van der Waals surface area (Å²) in [5.41, 5.74) is 0.478. The fourth-order valence-corrected chi connectivity index (χ4v) is 6.18. The number of aliphatic carboxylic acids is 1. The quantitative estimate of drug-likeness (QED) is 0.329. The van der Waals surface area contributed by atoms with Gasteiger partial charge >= 0.3 is 5.97 Å². The topological polar surface area (TPSA) is 136 Å². The minimum absolute atomic E-state index is 0.00761. The van der Waals surface area contributed by atoms with Crippen molar-refractivity contribution in [3.8, 4) is 11.5 Å². The zero-order valence-electron chi connectivity index (χ0n) is 19.7. The van der Waals surface area contributed by atoms with Crippen molar-refractivity contribution in [2.45, 2.75) is 75.2 Å².